The van der Waals surface area contributed by atoms with Gasteiger partial charge in [0, 0.05) is 33.0 Å². The van der Waals surface area contributed by atoms with Crippen LogP contribution >= 0.6 is 0 Å². The lowest BCUT2D eigenvalue weighted by atomic mass is 10.2. The number of halogens is 1. The van der Waals surface area contributed by atoms with E-state index in [0.29, 0.717) is 0 Å². The molecule has 0 bridgehead atoms. The van der Waals surface area contributed by atoms with Gasteiger partial charge in [-0.3, -0.25) is 4.79 Å². The predicted octanol–water partition coefficient (Wildman–Crippen LogP) is 2.02. The van der Waals surface area contributed by atoms with Crippen LogP contribution in [-0.2, 0) is 20.7 Å². The van der Waals surface area contributed by atoms with Crippen molar-refractivity contribution in [3.8, 4) is 11.3 Å². The average molecular weight is 350 g/mol. The number of methoxy groups -OCH3 is 1. The monoisotopic (exact) mass is 350 g/mol. The molecule has 0 aliphatic heterocycles. The summed E-state index contributed by atoms with van der Waals surface area (Å²) in [6.07, 6.45) is 1.75. The fraction of sp³-hybridized carbons (Fsp3) is 0.353. The van der Waals surface area contributed by atoms with Gasteiger partial charge in [-0.1, -0.05) is 12.1 Å². The van der Waals surface area contributed by atoms with Crippen LogP contribution in [0.15, 0.2) is 34.9 Å². The summed E-state index contributed by atoms with van der Waals surface area (Å²) in [5.74, 6) is -1.43. The van der Waals surface area contributed by atoms with Crippen molar-refractivity contribution in [2.45, 2.75) is 25.3 Å². The number of rotatable bonds is 9. The Hall–Kier alpha value is -2.74. The molecule has 0 saturated heterocycles. The number of aromatic nitrogens is 1. The summed E-state index contributed by atoms with van der Waals surface area (Å²) < 4.78 is 24.0. The number of ether oxygens (including phenoxy) is 1. The van der Waals surface area contributed by atoms with Crippen molar-refractivity contribution in [3.05, 3.63) is 42.2 Å². The maximum absolute atomic E-state index is 13.7. The van der Waals surface area contributed by atoms with Crippen molar-refractivity contribution >= 4 is 11.9 Å². The predicted molar refractivity (Wildman–Crippen MR) is 86.3 cm³/mol. The van der Waals surface area contributed by atoms with Crippen LogP contribution in [-0.4, -0.2) is 41.7 Å². The SMILES string of the molecule is COCCC(NC(=O)CCc1ncc(-c2ccccc2F)o1)C(=O)O. The Morgan fingerprint density at radius 2 is 2.16 bits per heavy atom. The Balaban J connectivity index is 1.90. The van der Waals surface area contributed by atoms with Gasteiger partial charge in [0.25, 0.3) is 0 Å². The second-order valence-corrected chi connectivity index (χ2v) is 5.34. The fourth-order valence-corrected chi connectivity index (χ4v) is 2.19. The lowest BCUT2D eigenvalue weighted by molar-refractivity contribution is -0.142. The largest absolute Gasteiger partial charge is 0.480 e. The van der Waals surface area contributed by atoms with Gasteiger partial charge in [-0.2, -0.15) is 0 Å². The molecule has 0 fully saturated rings. The van der Waals surface area contributed by atoms with Crippen LogP contribution in [0.5, 0.6) is 0 Å². The van der Waals surface area contributed by atoms with E-state index in [1.54, 1.807) is 18.2 Å². The van der Waals surface area contributed by atoms with Crippen LogP contribution in [0.3, 0.4) is 0 Å². The van der Waals surface area contributed by atoms with Crippen molar-refractivity contribution in [2.24, 2.45) is 0 Å². The zero-order valence-corrected chi connectivity index (χ0v) is 13.7. The number of oxazole rings is 1. The number of benzene rings is 1. The third kappa shape index (κ3) is 5.39. The van der Waals surface area contributed by atoms with Crippen LogP contribution in [0.4, 0.5) is 4.39 Å². The molecule has 25 heavy (non-hydrogen) atoms. The highest BCUT2D eigenvalue weighted by atomic mass is 19.1. The first-order valence-corrected chi connectivity index (χ1v) is 7.72. The molecule has 1 atom stereocenters. The number of aryl methyl sites for hydroxylation is 1. The van der Waals surface area contributed by atoms with Gasteiger partial charge < -0.3 is 19.6 Å². The van der Waals surface area contributed by atoms with Gasteiger partial charge in [-0.15, -0.1) is 0 Å². The molecule has 134 valence electrons. The molecular formula is C17H19FN2O5. The van der Waals surface area contributed by atoms with E-state index in [1.807, 2.05) is 0 Å². The minimum absolute atomic E-state index is 0.00792. The molecule has 0 aliphatic rings. The van der Waals surface area contributed by atoms with E-state index in [1.165, 1.54) is 19.4 Å². The summed E-state index contributed by atoms with van der Waals surface area (Å²) in [4.78, 5) is 27.0. The van der Waals surface area contributed by atoms with Gasteiger partial charge in [0.2, 0.25) is 5.91 Å². The molecule has 0 radical (unpaired) electrons. The van der Waals surface area contributed by atoms with Crippen molar-refractivity contribution in [2.75, 3.05) is 13.7 Å². The molecule has 1 amide bonds. The molecule has 0 saturated carbocycles. The van der Waals surface area contributed by atoms with Crippen molar-refractivity contribution in [1.82, 2.24) is 10.3 Å². The number of nitrogens with one attached hydrogen (secondary N) is 1. The Morgan fingerprint density at radius 1 is 1.40 bits per heavy atom. The highest BCUT2D eigenvalue weighted by Gasteiger charge is 2.20. The zero-order valence-electron chi connectivity index (χ0n) is 13.7. The molecule has 0 aliphatic carbocycles. The van der Waals surface area contributed by atoms with Gasteiger partial charge >= 0.3 is 5.97 Å². The minimum Gasteiger partial charge on any atom is -0.480 e. The quantitative estimate of drug-likeness (QED) is 0.717. The average Bonchev–Trinajstić information content (AvgIpc) is 3.05. The summed E-state index contributed by atoms with van der Waals surface area (Å²) in [5, 5.41) is 11.5. The third-order valence-electron chi connectivity index (χ3n) is 3.50. The number of carbonyl (C=O) groups excluding carboxylic acids is 1. The van der Waals surface area contributed by atoms with E-state index < -0.39 is 23.7 Å². The topological polar surface area (TPSA) is 102 Å². The van der Waals surface area contributed by atoms with E-state index in [4.69, 9.17) is 14.3 Å². The van der Waals surface area contributed by atoms with E-state index in [9.17, 15) is 14.0 Å². The number of aliphatic carboxylic acids is 1. The molecule has 2 N–H and O–H groups in total. The highest BCUT2D eigenvalue weighted by Crippen LogP contribution is 2.23. The van der Waals surface area contributed by atoms with E-state index in [-0.39, 0.29) is 43.1 Å². The number of hydrogen-bond acceptors (Lipinski definition) is 5. The van der Waals surface area contributed by atoms with E-state index >= 15 is 0 Å². The number of carbonyl (C=O) groups is 2. The minimum atomic E-state index is -1.12. The molecule has 2 rings (SSSR count). The van der Waals surface area contributed by atoms with Crippen LogP contribution < -0.4 is 5.32 Å². The Labute approximate surface area is 143 Å². The Morgan fingerprint density at radius 3 is 2.84 bits per heavy atom. The first-order chi connectivity index (χ1) is 12.0. The van der Waals surface area contributed by atoms with E-state index in [2.05, 4.69) is 10.3 Å². The molecule has 1 aromatic heterocycles. The van der Waals surface area contributed by atoms with Gasteiger partial charge in [0.1, 0.15) is 11.9 Å². The van der Waals surface area contributed by atoms with Crippen LogP contribution in [0, 0.1) is 5.82 Å². The number of nitrogens with zero attached hydrogens (tertiary/aromatic N) is 1. The standard InChI is InChI=1S/C17H19FN2O5/c1-24-9-8-13(17(22)23)20-15(21)6-7-16-19-10-14(25-16)11-4-2-3-5-12(11)18/h2-5,10,13H,6-9H2,1H3,(H,20,21)(H,22,23). The summed E-state index contributed by atoms with van der Waals surface area (Å²) >= 11 is 0. The van der Waals surface area contributed by atoms with Gasteiger partial charge in [-0.05, 0) is 12.1 Å². The Bertz CT molecular complexity index is 731. The molecule has 2 aromatic rings. The summed E-state index contributed by atoms with van der Waals surface area (Å²) in [6.45, 7) is 0.225. The van der Waals surface area contributed by atoms with Crippen molar-refractivity contribution in [3.63, 3.8) is 0 Å². The maximum atomic E-state index is 13.7. The van der Waals surface area contributed by atoms with Gasteiger partial charge in [-0.25, -0.2) is 14.2 Å². The van der Waals surface area contributed by atoms with Crippen molar-refractivity contribution in [1.29, 1.82) is 0 Å². The van der Waals surface area contributed by atoms with Crippen molar-refractivity contribution < 1.29 is 28.2 Å². The second-order valence-electron chi connectivity index (χ2n) is 5.34. The molecular weight excluding hydrogens is 331 g/mol. The van der Waals surface area contributed by atoms with Crippen LogP contribution in [0.25, 0.3) is 11.3 Å². The summed E-state index contributed by atoms with van der Waals surface area (Å²) in [5.41, 5.74) is 0.288. The Kier molecular flexibility index (Phi) is 6.64. The van der Waals surface area contributed by atoms with Crippen LogP contribution in [0.1, 0.15) is 18.7 Å². The van der Waals surface area contributed by atoms with Crippen LogP contribution in [0.2, 0.25) is 0 Å². The molecule has 0 spiro atoms. The first-order valence-electron chi connectivity index (χ1n) is 7.72. The molecule has 1 heterocycles. The molecule has 1 unspecified atom stereocenters. The van der Waals surface area contributed by atoms with Gasteiger partial charge in [0.05, 0.1) is 11.8 Å². The number of hydrogen-bond donors (Lipinski definition) is 2. The smallest absolute Gasteiger partial charge is 0.326 e. The zero-order chi connectivity index (χ0) is 18.2. The molecule has 1 aromatic carbocycles. The van der Waals surface area contributed by atoms with E-state index in [0.717, 1.165) is 0 Å². The summed E-state index contributed by atoms with van der Waals surface area (Å²) in [7, 11) is 1.45. The number of carboxylic acids is 1. The maximum Gasteiger partial charge on any atom is 0.326 e. The second kappa shape index (κ2) is 8.93. The lowest BCUT2D eigenvalue weighted by Gasteiger charge is -2.13. The normalized spacial score (nSPS) is 11.9. The number of amides is 1. The number of carboxylic acid groups (broad SMARTS) is 1. The lowest BCUT2D eigenvalue weighted by Crippen LogP contribution is -2.41. The fourth-order valence-electron chi connectivity index (χ4n) is 2.19. The molecule has 8 heteroatoms. The summed E-state index contributed by atoms with van der Waals surface area (Å²) in [6, 6.07) is 5.13. The third-order valence-corrected chi connectivity index (χ3v) is 3.50. The van der Waals surface area contributed by atoms with Gasteiger partial charge in [0.15, 0.2) is 11.7 Å². The molecule has 7 nitrogen and oxygen atoms in total. The first kappa shape index (κ1) is 18.6. The highest BCUT2D eigenvalue weighted by molar-refractivity contribution is 5.83.